The van der Waals surface area contributed by atoms with Crippen molar-refractivity contribution in [3.63, 3.8) is 0 Å². The van der Waals surface area contributed by atoms with E-state index in [1.807, 2.05) is 30.8 Å². The Kier molecular flexibility index (Phi) is 11.0. The molecule has 0 amide bonds. The van der Waals surface area contributed by atoms with Crippen molar-refractivity contribution < 1.29 is 46.2 Å². The van der Waals surface area contributed by atoms with Gasteiger partial charge in [0.2, 0.25) is 0 Å². The minimum Gasteiger partial charge on any atom is -0.478 e. The van der Waals surface area contributed by atoms with Gasteiger partial charge in [-0.1, -0.05) is 12.1 Å². The smallest absolute Gasteiger partial charge is 0.478 e. The summed E-state index contributed by atoms with van der Waals surface area (Å²) in [6.07, 6.45) is -3.88. The number of pyridine rings is 1. The number of likely N-dealkylation sites (N-methyl/N-ethyl adjacent to an activating group) is 2. The average molecular weight is 549 g/mol. The number of Topliss-reactive ketones (excluding diaryl/α,β-unsaturated/α-hetero) is 1. The number of nitrogens with one attached hydrogen (secondary N) is 1. The first kappa shape index (κ1) is 31.3. The fourth-order valence-electron chi connectivity index (χ4n) is 2.71. The normalized spacial score (nSPS) is 11.4. The monoisotopic (exact) mass is 548 g/mol. The maximum absolute atomic E-state index is 12.9. The van der Waals surface area contributed by atoms with Gasteiger partial charge < -0.3 is 20.0 Å². The number of benzene rings is 1. The van der Waals surface area contributed by atoms with E-state index in [2.05, 4.69) is 9.71 Å². The topological polar surface area (TPSA) is 157 Å². The minimum atomic E-state index is -5.08. The Hall–Kier alpha value is -3.72. The second kappa shape index (κ2) is 13.0. The first-order valence-corrected chi connectivity index (χ1v) is 12.0. The number of aromatic carboxylic acids is 1. The van der Waals surface area contributed by atoms with Gasteiger partial charge in [-0.05, 0) is 46.1 Å². The largest absolute Gasteiger partial charge is 0.490 e. The van der Waals surface area contributed by atoms with Gasteiger partial charge in [0.1, 0.15) is 0 Å². The molecule has 0 unspecified atom stereocenters. The molecule has 204 valence electrons. The maximum atomic E-state index is 12.9. The van der Waals surface area contributed by atoms with Crippen molar-refractivity contribution in [2.75, 3.05) is 43.4 Å². The molecule has 0 aliphatic heterocycles. The summed E-state index contributed by atoms with van der Waals surface area (Å²) in [6.45, 7) is 5.13. The highest BCUT2D eigenvalue weighted by Gasteiger charge is 2.38. The zero-order chi connectivity index (χ0) is 28.6. The van der Waals surface area contributed by atoms with E-state index in [0.29, 0.717) is 31.0 Å². The predicted octanol–water partition coefficient (Wildman–Crippen LogP) is 2.80. The van der Waals surface area contributed by atoms with E-state index in [1.54, 1.807) is 0 Å². The van der Waals surface area contributed by atoms with Crippen LogP contribution >= 0.6 is 0 Å². The number of halogens is 3. The fraction of sp³-hybridized carbons (Fsp3) is 0.364. The summed E-state index contributed by atoms with van der Waals surface area (Å²) in [5.74, 6) is -3.80. The standard InChI is InChI=1S/C20H26N4O5S.C2HF3O2/c1-5-24(11-10-23(3)4)19-18(12-16(13-21-19)20(26)27)22-30(28,29)17-8-6-15(7-9-17)14(2)25;3-2(4,5)1(6)7/h6-9,12-13,22H,5,10-11H2,1-4H3,(H,26,27);(H,6,7). The van der Waals surface area contributed by atoms with Crippen molar-refractivity contribution in [1.82, 2.24) is 9.88 Å². The van der Waals surface area contributed by atoms with Crippen LogP contribution in [-0.4, -0.2) is 86.1 Å². The van der Waals surface area contributed by atoms with Gasteiger partial charge in [-0.15, -0.1) is 0 Å². The lowest BCUT2D eigenvalue weighted by molar-refractivity contribution is -0.192. The van der Waals surface area contributed by atoms with Crippen molar-refractivity contribution in [3.8, 4) is 0 Å². The molecule has 0 spiro atoms. The van der Waals surface area contributed by atoms with Gasteiger partial charge in [-0.2, -0.15) is 13.2 Å². The van der Waals surface area contributed by atoms with Crippen LogP contribution in [0.15, 0.2) is 41.4 Å². The summed E-state index contributed by atoms with van der Waals surface area (Å²) >= 11 is 0. The van der Waals surface area contributed by atoms with Crippen LogP contribution in [0.4, 0.5) is 24.7 Å². The number of nitrogens with zero attached hydrogens (tertiary/aromatic N) is 3. The molecule has 15 heteroatoms. The van der Waals surface area contributed by atoms with E-state index in [4.69, 9.17) is 9.90 Å². The zero-order valence-electron chi connectivity index (χ0n) is 20.4. The van der Waals surface area contributed by atoms with Gasteiger partial charge >= 0.3 is 18.1 Å². The number of carboxylic acids is 2. The van der Waals surface area contributed by atoms with E-state index < -0.39 is 28.1 Å². The van der Waals surface area contributed by atoms with Gasteiger partial charge in [-0.3, -0.25) is 9.52 Å². The number of carbonyl (C=O) groups is 3. The second-order valence-corrected chi connectivity index (χ2v) is 9.45. The van der Waals surface area contributed by atoms with Crippen LogP contribution in [-0.2, 0) is 14.8 Å². The van der Waals surface area contributed by atoms with Crippen molar-refractivity contribution in [3.05, 3.63) is 47.7 Å². The number of ketones is 1. The molecule has 1 heterocycles. The van der Waals surface area contributed by atoms with Crippen molar-refractivity contribution in [2.24, 2.45) is 0 Å². The Morgan fingerprint density at radius 2 is 1.57 bits per heavy atom. The molecule has 2 rings (SSSR count). The van der Waals surface area contributed by atoms with Crippen LogP contribution in [0.1, 0.15) is 34.6 Å². The third kappa shape index (κ3) is 9.69. The number of aromatic nitrogens is 1. The number of alkyl halides is 3. The number of anilines is 2. The summed E-state index contributed by atoms with van der Waals surface area (Å²) < 4.78 is 60.0. The number of carboxylic acid groups (broad SMARTS) is 2. The number of hydrogen-bond donors (Lipinski definition) is 3. The van der Waals surface area contributed by atoms with Crippen LogP contribution in [0.3, 0.4) is 0 Å². The summed E-state index contributed by atoms with van der Waals surface area (Å²) in [7, 11) is -0.186. The van der Waals surface area contributed by atoms with Crippen LogP contribution < -0.4 is 9.62 Å². The number of sulfonamides is 1. The molecule has 0 fully saturated rings. The molecular formula is C22H27F3N4O7S. The lowest BCUT2D eigenvalue weighted by Gasteiger charge is -2.26. The summed E-state index contributed by atoms with van der Waals surface area (Å²) in [5.41, 5.74) is 0.336. The molecule has 1 aromatic carbocycles. The molecule has 0 bridgehead atoms. The quantitative estimate of drug-likeness (QED) is 0.377. The Bertz CT molecular complexity index is 1220. The molecule has 0 atom stereocenters. The van der Waals surface area contributed by atoms with E-state index in [1.165, 1.54) is 43.5 Å². The number of aliphatic carboxylic acids is 1. The first-order chi connectivity index (χ1) is 17.0. The van der Waals surface area contributed by atoms with Crippen molar-refractivity contribution in [2.45, 2.75) is 24.9 Å². The van der Waals surface area contributed by atoms with Gasteiger partial charge in [0.05, 0.1) is 16.1 Å². The van der Waals surface area contributed by atoms with Gasteiger partial charge in [0.25, 0.3) is 10.0 Å². The van der Waals surface area contributed by atoms with Gasteiger partial charge in [0, 0.05) is 31.4 Å². The van der Waals surface area contributed by atoms with Gasteiger partial charge in [-0.25, -0.2) is 23.0 Å². The molecular weight excluding hydrogens is 521 g/mol. The van der Waals surface area contributed by atoms with Crippen LogP contribution in [0.5, 0.6) is 0 Å². The molecule has 0 radical (unpaired) electrons. The Labute approximate surface area is 211 Å². The average Bonchev–Trinajstić information content (AvgIpc) is 2.79. The molecule has 11 nitrogen and oxygen atoms in total. The molecule has 2 aromatic rings. The molecule has 37 heavy (non-hydrogen) atoms. The highest BCUT2D eigenvalue weighted by atomic mass is 32.2. The highest BCUT2D eigenvalue weighted by Crippen LogP contribution is 2.27. The maximum Gasteiger partial charge on any atom is 0.490 e. The van der Waals surface area contributed by atoms with E-state index >= 15 is 0 Å². The number of hydrogen-bond acceptors (Lipinski definition) is 8. The molecule has 0 saturated heterocycles. The minimum absolute atomic E-state index is 0.0458. The molecule has 0 aliphatic rings. The van der Waals surface area contributed by atoms with E-state index in [0.717, 1.165) is 0 Å². The summed E-state index contributed by atoms with van der Waals surface area (Å²) in [4.78, 5) is 39.7. The fourth-order valence-corrected chi connectivity index (χ4v) is 3.76. The molecule has 0 aliphatic carbocycles. The highest BCUT2D eigenvalue weighted by molar-refractivity contribution is 7.92. The van der Waals surface area contributed by atoms with Crippen LogP contribution in [0, 0.1) is 0 Å². The van der Waals surface area contributed by atoms with E-state index in [9.17, 15) is 36.3 Å². The van der Waals surface area contributed by atoms with Crippen LogP contribution in [0.25, 0.3) is 0 Å². The van der Waals surface area contributed by atoms with Gasteiger partial charge in [0.15, 0.2) is 11.6 Å². The van der Waals surface area contributed by atoms with Crippen molar-refractivity contribution in [1.29, 1.82) is 0 Å². The lowest BCUT2D eigenvalue weighted by Crippen LogP contribution is -2.33. The Balaban J connectivity index is 0.000000856. The molecule has 0 saturated carbocycles. The number of carbonyl (C=O) groups excluding carboxylic acids is 1. The second-order valence-electron chi connectivity index (χ2n) is 7.77. The van der Waals surface area contributed by atoms with Crippen molar-refractivity contribution >= 4 is 39.3 Å². The lowest BCUT2D eigenvalue weighted by atomic mass is 10.2. The Morgan fingerprint density at radius 3 is 1.97 bits per heavy atom. The van der Waals surface area contributed by atoms with Crippen LogP contribution in [0.2, 0.25) is 0 Å². The summed E-state index contributed by atoms with van der Waals surface area (Å²) in [5, 5.41) is 16.4. The molecule has 1 aromatic heterocycles. The molecule has 3 N–H and O–H groups in total. The predicted molar refractivity (Wildman–Crippen MR) is 129 cm³/mol. The first-order valence-electron chi connectivity index (χ1n) is 10.6. The SMILES string of the molecule is CCN(CCN(C)C)c1ncc(C(=O)O)cc1NS(=O)(=O)c1ccc(C(C)=O)cc1.O=C(O)C(F)(F)F. The third-order valence-corrected chi connectivity index (χ3v) is 6.05. The summed E-state index contributed by atoms with van der Waals surface area (Å²) in [6, 6.07) is 6.77. The van der Waals surface area contributed by atoms with E-state index in [-0.39, 0.29) is 21.9 Å². The zero-order valence-corrected chi connectivity index (χ0v) is 21.2. The number of rotatable bonds is 10. The third-order valence-electron chi connectivity index (χ3n) is 4.67. The Morgan fingerprint density at radius 1 is 1.03 bits per heavy atom.